The normalized spacial score (nSPS) is 18.2. The van der Waals surface area contributed by atoms with E-state index in [0.717, 1.165) is 37.3 Å². The van der Waals surface area contributed by atoms with Crippen LogP contribution >= 0.6 is 23.7 Å². The van der Waals surface area contributed by atoms with Crippen LogP contribution in [-0.4, -0.2) is 41.1 Å². The second-order valence-corrected chi connectivity index (χ2v) is 7.36. The highest BCUT2D eigenvalue weighted by Gasteiger charge is 2.20. The number of thiophene rings is 1. The molecule has 2 rings (SSSR count). The van der Waals surface area contributed by atoms with Crippen molar-refractivity contribution in [2.45, 2.75) is 17.7 Å². The third-order valence-corrected chi connectivity index (χ3v) is 5.78. The van der Waals surface area contributed by atoms with Gasteiger partial charge in [0.15, 0.2) is 0 Å². The van der Waals surface area contributed by atoms with E-state index in [1.54, 1.807) is 0 Å². The number of nitrogens with one attached hydrogen (secondary N) is 2. The molecule has 0 radical (unpaired) electrons. The van der Waals surface area contributed by atoms with E-state index in [1.807, 2.05) is 0 Å². The van der Waals surface area contributed by atoms with E-state index >= 15 is 0 Å². The topological polar surface area (TPSA) is 84.5 Å². The van der Waals surface area contributed by atoms with E-state index in [0.29, 0.717) is 12.5 Å². The van der Waals surface area contributed by atoms with E-state index in [-0.39, 0.29) is 22.2 Å². The highest BCUT2D eigenvalue weighted by atomic mass is 35.5. The third kappa shape index (κ3) is 4.93. The van der Waals surface area contributed by atoms with Crippen LogP contribution < -0.4 is 10.0 Å². The lowest BCUT2D eigenvalue weighted by Crippen LogP contribution is -2.26. The quantitative estimate of drug-likeness (QED) is 0.751. The van der Waals surface area contributed by atoms with Crippen molar-refractivity contribution >= 4 is 39.7 Å². The summed E-state index contributed by atoms with van der Waals surface area (Å²) in [6.45, 7) is 2.37. The summed E-state index contributed by atoms with van der Waals surface area (Å²) in [6.07, 6.45) is 1.91. The Balaban J connectivity index is 0.00000220. The van der Waals surface area contributed by atoms with Crippen LogP contribution in [0.4, 0.5) is 0 Å². The minimum atomic E-state index is -3.54. The maximum Gasteiger partial charge on any atom is 0.348 e. The Labute approximate surface area is 134 Å². The second-order valence-electron chi connectivity index (χ2n) is 4.68. The maximum absolute atomic E-state index is 12.1. The first-order chi connectivity index (χ1) is 9.53. The lowest BCUT2D eigenvalue weighted by Gasteiger charge is -2.09. The molecule has 1 aliphatic heterocycles. The van der Waals surface area contributed by atoms with E-state index in [9.17, 15) is 13.2 Å². The van der Waals surface area contributed by atoms with Crippen LogP contribution in [0.15, 0.2) is 16.3 Å². The Hall–Kier alpha value is -0.670. The zero-order valence-electron chi connectivity index (χ0n) is 11.6. The molecule has 2 N–H and O–H groups in total. The Morgan fingerprint density at radius 2 is 2.33 bits per heavy atom. The monoisotopic (exact) mass is 354 g/mol. The van der Waals surface area contributed by atoms with E-state index < -0.39 is 16.0 Å². The van der Waals surface area contributed by atoms with Gasteiger partial charge in [-0.3, -0.25) is 0 Å². The largest absolute Gasteiger partial charge is 0.465 e. The van der Waals surface area contributed by atoms with Crippen LogP contribution in [0.5, 0.6) is 0 Å². The van der Waals surface area contributed by atoms with Crippen molar-refractivity contribution in [1.29, 1.82) is 0 Å². The maximum atomic E-state index is 12.1. The molecular formula is C12H19ClN2O4S2. The molecule has 1 atom stereocenters. The van der Waals surface area contributed by atoms with Gasteiger partial charge in [0.1, 0.15) is 4.88 Å². The fraction of sp³-hybridized carbons (Fsp3) is 0.583. The van der Waals surface area contributed by atoms with Crippen LogP contribution in [-0.2, 0) is 14.8 Å². The minimum Gasteiger partial charge on any atom is -0.465 e. The average molecular weight is 355 g/mol. The summed E-state index contributed by atoms with van der Waals surface area (Å²) in [7, 11) is -2.27. The highest BCUT2D eigenvalue weighted by Crippen LogP contribution is 2.20. The predicted molar refractivity (Wildman–Crippen MR) is 83.7 cm³/mol. The van der Waals surface area contributed by atoms with Gasteiger partial charge in [-0.1, -0.05) is 0 Å². The van der Waals surface area contributed by atoms with Gasteiger partial charge in [-0.25, -0.2) is 17.9 Å². The number of esters is 1. The first kappa shape index (κ1) is 18.4. The summed E-state index contributed by atoms with van der Waals surface area (Å²) in [4.78, 5) is 11.7. The molecule has 6 nitrogen and oxygen atoms in total. The van der Waals surface area contributed by atoms with Gasteiger partial charge in [0.05, 0.1) is 12.0 Å². The summed E-state index contributed by atoms with van der Waals surface area (Å²) in [5.41, 5.74) is 0. The number of hydrogen-bond acceptors (Lipinski definition) is 6. The molecular weight excluding hydrogens is 336 g/mol. The van der Waals surface area contributed by atoms with Gasteiger partial charge >= 0.3 is 5.97 Å². The summed E-state index contributed by atoms with van der Waals surface area (Å²) in [6, 6.07) is 1.34. The van der Waals surface area contributed by atoms with Gasteiger partial charge in [-0.2, -0.15) is 0 Å². The summed E-state index contributed by atoms with van der Waals surface area (Å²) < 4.78 is 31.2. The molecule has 0 amide bonds. The Kier molecular flexibility index (Phi) is 7.08. The smallest absolute Gasteiger partial charge is 0.348 e. The number of carbonyl (C=O) groups is 1. The van der Waals surface area contributed by atoms with Crippen molar-refractivity contribution < 1.29 is 17.9 Å². The number of hydrogen-bond donors (Lipinski definition) is 2. The molecule has 1 unspecified atom stereocenters. The third-order valence-electron chi connectivity index (χ3n) is 3.28. The van der Waals surface area contributed by atoms with E-state index in [1.165, 1.54) is 18.6 Å². The summed E-state index contributed by atoms with van der Waals surface area (Å²) >= 11 is 1.06. The van der Waals surface area contributed by atoms with Crippen LogP contribution in [0.1, 0.15) is 22.5 Å². The van der Waals surface area contributed by atoms with Crippen molar-refractivity contribution in [1.82, 2.24) is 10.0 Å². The first-order valence-corrected chi connectivity index (χ1v) is 8.76. The Morgan fingerprint density at radius 3 is 2.95 bits per heavy atom. The number of carbonyl (C=O) groups excluding carboxylic acids is 1. The van der Waals surface area contributed by atoms with Gasteiger partial charge in [-0.05, 0) is 37.9 Å². The van der Waals surface area contributed by atoms with Crippen molar-refractivity contribution in [3.05, 3.63) is 16.3 Å². The van der Waals surface area contributed by atoms with E-state index in [4.69, 9.17) is 0 Å². The van der Waals surface area contributed by atoms with Gasteiger partial charge in [0.25, 0.3) is 0 Å². The Morgan fingerprint density at radius 1 is 1.57 bits per heavy atom. The fourth-order valence-corrected chi connectivity index (χ4v) is 4.35. The van der Waals surface area contributed by atoms with Crippen LogP contribution in [0.25, 0.3) is 0 Å². The molecule has 1 aromatic rings. The van der Waals surface area contributed by atoms with Gasteiger partial charge in [-0.15, -0.1) is 23.7 Å². The molecule has 1 fully saturated rings. The molecule has 0 aromatic carbocycles. The van der Waals surface area contributed by atoms with Crippen molar-refractivity contribution in [2.24, 2.45) is 5.92 Å². The number of methoxy groups -OCH3 is 1. The summed E-state index contributed by atoms with van der Waals surface area (Å²) in [5, 5.41) is 4.70. The van der Waals surface area contributed by atoms with Crippen LogP contribution in [0.3, 0.4) is 0 Å². The number of halogens is 1. The molecule has 0 spiro atoms. The second kappa shape index (κ2) is 8.09. The Bertz CT molecular complexity index is 568. The number of sulfonamides is 1. The fourth-order valence-electron chi connectivity index (χ4n) is 2.11. The predicted octanol–water partition coefficient (Wildman–Crippen LogP) is 1.23. The van der Waals surface area contributed by atoms with Crippen LogP contribution in [0, 0.1) is 5.92 Å². The van der Waals surface area contributed by atoms with E-state index in [2.05, 4.69) is 14.8 Å². The molecule has 120 valence electrons. The molecule has 1 aliphatic rings. The average Bonchev–Trinajstić information content (AvgIpc) is 3.08. The zero-order valence-corrected chi connectivity index (χ0v) is 14.1. The standard InChI is InChI=1S/C12H18N2O4S2.ClH/c1-18-12(15)11-6-10(8-19-11)20(16,17)14-5-3-9-2-4-13-7-9;/h6,8-9,13-14H,2-5,7H2,1H3;1H. The zero-order chi connectivity index (χ0) is 14.6. The number of rotatable bonds is 6. The lowest BCUT2D eigenvalue weighted by molar-refractivity contribution is 0.0606. The van der Waals surface area contributed by atoms with Crippen molar-refractivity contribution in [2.75, 3.05) is 26.7 Å². The lowest BCUT2D eigenvalue weighted by atomic mass is 10.1. The highest BCUT2D eigenvalue weighted by molar-refractivity contribution is 7.89. The molecule has 0 saturated carbocycles. The van der Waals surface area contributed by atoms with Gasteiger partial charge in [0.2, 0.25) is 10.0 Å². The van der Waals surface area contributed by atoms with Crippen molar-refractivity contribution in [3.8, 4) is 0 Å². The molecule has 2 heterocycles. The SMILES string of the molecule is COC(=O)c1cc(S(=O)(=O)NCCC2CCNC2)cs1.Cl. The van der Waals surface area contributed by atoms with Gasteiger partial charge < -0.3 is 10.1 Å². The van der Waals surface area contributed by atoms with Gasteiger partial charge in [0, 0.05) is 11.9 Å². The summed E-state index contributed by atoms with van der Waals surface area (Å²) in [5.74, 6) is 0.0132. The molecule has 9 heteroatoms. The van der Waals surface area contributed by atoms with Crippen molar-refractivity contribution in [3.63, 3.8) is 0 Å². The number of ether oxygens (including phenoxy) is 1. The molecule has 0 aliphatic carbocycles. The molecule has 0 bridgehead atoms. The molecule has 1 saturated heterocycles. The molecule has 21 heavy (non-hydrogen) atoms. The minimum absolute atomic E-state index is 0. The van der Waals surface area contributed by atoms with Crippen LogP contribution in [0.2, 0.25) is 0 Å². The molecule has 1 aromatic heterocycles. The first-order valence-electron chi connectivity index (χ1n) is 6.40.